The van der Waals surface area contributed by atoms with Crippen LogP contribution in [0.4, 0.5) is 0 Å². The minimum atomic E-state index is -0.926. The summed E-state index contributed by atoms with van der Waals surface area (Å²) in [5.41, 5.74) is 0.357. The van der Waals surface area contributed by atoms with Crippen molar-refractivity contribution < 1.29 is 14.7 Å². The van der Waals surface area contributed by atoms with Gasteiger partial charge in [-0.25, -0.2) is 9.97 Å². The third kappa shape index (κ3) is 3.51. The van der Waals surface area contributed by atoms with Crippen molar-refractivity contribution in [3.8, 4) is 0 Å². The molecule has 1 atom stereocenters. The summed E-state index contributed by atoms with van der Waals surface area (Å²) in [5, 5.41) is 8.76. The van der Waals surface area contributed by atoms with E-state index in [2.05, 4.69) is 9.97 Å². The summed E-state index contributed by atoms with van der Waals surface area (Å²) in [6.07, 6.45) is 2.87. The molecule has 6 heteroatoms. The van der Waals surface area contributed by atoms with Crippen molar-refractivity contribution in [3.05, 3.63) is 23.8 Å². The van der Waals surface area contributed by atoms with Crippen LogP contribution in [0.15, 0.2) is 12.4 Å². The molecule has 0 aliphatic heterocycles. The summed E-state index contributed by atoms with van der Waals surface area (Å²) in [5.74, 6) is -1.22. The highest BCUT2D eigenvalue weighted by Crippen LogP contribution is 2.04. The Morgan fingerprint density at radius 2 is 1.94 bits per heavy atom. The van der Waals surface area contributed by atoms with Crippen LogP contribution in [0.5, 0.6) is 0 Å². The molecule has 0 radical (unpaired) electrons. The van der Waals surface area contributed by atoms with Crippen LogP contribution < -0.4 is 0 Å². The zero-order valence-corrected chi connectivity index (χ0v) is 10.0. The van der Waals surface area contributed by atoms with Gasteiger partial charge in [0.05, 0.1) is 11.5 Å². The molecule has 0 bridgehead atoms. The highest BCUT2D eigenvalue weighted by molar-refractivity contribution is 5.93. The van der Waals surface area contributed by atoms with Gasteiger partial charge in [-0.3, -0.25) is 9.59 Å². The first-order chi connectivity index (χ1) is 7.91. The van der Waals surface area contributed by atoms with Gasteiger partial charge in [0.25, 0.3) is 5.91 Å². The van der Waals surface area contributed by atoms with Gasteiger partial charge in [-0.2, -0.15) is 0 Å². The van der Waals surface area contributed by atoms with Crippen molar-refractivity contribution in [2.75, 3.05) is 13.6 Å². The molecule has 6 nitrogen and oxygen atoms in total. The summed E-state index contributed by atoms with van der Waals surface area (Å²) >= 11 is 0. The van der Waals surface area contributed by atoms with E-state index in [1.165, 1.54) is 17.3 Å². The maximum atomic E-state index is 11.9. The first-order valence-corrected chi connectivity index (χ1v) is 5.18. The monoisotopic (exact) mass is 237 g/mol. The molecule has 0 aromatic carbocycles. The summed E-state index contributed by atoms with van der Waals surface area (Å²) in [7, 11) is 1.56. The third-order valence-electron chi connectivity index (χ3n) is 2.34. The fourth-order valence-electron chi connectivity index (χ4n) is 1.30. The minimum Gasteiger partial charge on any atom is -0.481 e. The molecule has 0 aliphatic rings. The van der Waals surface area contributed by atoms with Crippen LogP contribution in [-0.2, 0) is 4.79 Å². The second-order valence-electron chi connectivity index (χ2n) is 3.94. The van der Waals surface area contributed by atoms with E-state index in [1.54, 1.807) is 20.9 Å². The van der Waals surface area contributed by atoms with Gasteiger partial charge < -0.3 is 10.0 Å². The van der Waals surface area contributed by atoms with E-state index in [4.69, 9.17) is 5.11 Å². The van der Waals surface area contributed by atoms with E-state index in [1.807, 2.05) is 0 Å². The second kappa shape index (κ2) is 5.38. The fraction of sp³-hybridized carbons (Fsp3) is 0.455. The Morgan fingerprint density at radius 1 is 1.41 bits per heavy atom. The topological polar surface area (TPSA) is 83.4 Å². The van der Waals surface area contributed by atoms with Gasteiger partial charge >= 0.3 is 5.97 Å². The van der Waals surface area contributed by atoms with Gasteiger partial charge in [0.15, 0.2) is 0 Å². The zero-order valence-electron chi connectivity index (χ0n) is 10.0. The van der Waals surface area contributed by atoms with Crippen LogP contribution in [0.1, 0.15) is 23.1 Å². The van der Waals surface area contributed by atoms with Gasteiger partial charge in [0.2, 0.25) is 0 Å². The first kappa shape index (κ1) is 13.1. The quantitative estimate of drug-likeness (QED) is 0.828. The molecular formula is C11H15N3O3. The third-order valence-corrected chi connectivity index (χ3v) is 2.34. The van der Waals surface area contributed by atoms with E-state index in [0.29, 0.717) is 11.4 Å². The van der Waals surface area contributed by atoms with Crippen molar-refractivity contribution in [1.29, 1.82) is 0 Å². The molecule has 17 heavy (non-hydrogen) atoms. The van der Waals surface area contributed by atoms with Gasteiger partial charge in [-0.1, -0.05) is 6.92 Å². The predicted octanol–water partition coefficient (Wildman–Crippen LogP) is 0.578. The number of aliphatic carboxylic acids is 1. The van der Waals surface area contributed by atoms with Gasteiger partial charge in [-0.05, 0) is 6.92 Å². The summed E-state index contributed by atoms with van der Waals surface area (Å²) in [6.45, 7) is 3.43. The molecule has 0 aliphatic carbocycles. The Bertz CT molecular complexity index is 416. The van der Waals surface area contributed by atoms with Crippen LogP contribution in [0.3, 0.4) is 0 Å². The van der Waals surface area contributed by atoms with Gasteiger partial charge in [-0.15, -0.1) is 0 Å². The number of aryl methyl sites for hydroxylation is 1. The average Bonchev–Trinajstić information content (AvgIpc) is 2.28. The molecule has 1 unspecified atom stereocenters. The molecule has 0 spiro atoms. The number of amides is 1. The summed E-state index contributed by atoms with van der Waals surface area (Å²) in [6, 6.07) is 0. The molecule has 92 valence electrons. The molecule has 1 heterocycles. The van der Waals surface area contributed by atoms with Crippen LogP contribution in [0, 0.1) is 12.8 Å². The fourth-order valence-corrected chi connectivity index (χ4v) is 1.30. The lowest BCUT2D eigenvalue weighted by atomic mass is 10.1. The number of aromatic nitrogens is 2. The summed E-state index contributed by atoms with van der Waals surface area (Å²) < 4.78 is 0. The number of nitrogens with zero attached hydrogens (tertiary/aromatic N) is 3. The number of hydrogen-bond donors (Lipinski definition) is 1. The molecule has 1 rings (SSSR count). The number of rotatable bonds is 4. The molecule has 0 saturated heterocycles. The van der Waals surface area contributed by atoms with Crippen molar-refractivity contribution in [1.82, 2.24) is 14.9 Å². The SMILES string of the molecule is Cc1ncc(C(=O)N(C)CC(C)C(=O)O)cn1. The Labute approximate surface area is 99.3 Å². The molecule has 1 amide bonds. The van der Waals surface area contributed by atoms with Crippen LogP contribution in [0.2, 0.25) is 0 Å². The molecule has 0 fully saturated rings. The lowest BCUT2D eigenvalue weighted by Crippen LogP contribution is -2.33. The maximum absolute atomic E-state index is 11.9. The van der Waals surface area contributed by atoms with Crippen molar-refractivity contribution in [2.24, 2.45) is 5.92 Å². The first-order valence-electron chi connectivity index (χ1n) is 5.18. The molecular weight excluding hydrogens is 222 g/mol. The van der Waals surface area contributed by atoms with Gasteiger partial charge in [0, 0.05) is 26.0 Å². The number of carbonyl (C=O) groups excluding carboxylic acids is 1. The van der Waals surface area contributed by atoms with Crippen LogP contribution >= 0.6 is 0 Å². The summed E-state index contributed by atoms with van der Waals surface area (Å²) in [4.78, 5) is 31.7. The Kier molecular flexibility index (Phi) is 4.14. The van der Waals surface area contributed by atoms with E-state index >= 15 is 0 Å². The minimum absolute atomic E-state index is 0.155. The molecule has 1 N–H and O–H groups in total. The van der Waals surface area contributed by atoms with Crippen molar-refractivity contribution in [2.45, 2.75) is 13.8 Å². The van der Waals surface area contributed by atoms with Crippen molar-refractivity contribution >= 4 is 11.9 Å². The zero-order chi connectivity index (χ0) is 13.0. The number of carbonyl (C=O) groups is 2. The molecule has 1 aromatic rings. The molecule has 1 aromatic heterocycles. The Morgan fingerprint density at radius 3 is 2.41 bits per heavy atom. The lowest BCUT2D eigenvalue weighted by molar-refractivity contribution is -0.141. The lowest BCUT2D eigenvalue weighted by Gasteiger charge is -2.19. The Hall–Kier alpha value is -1.98. The highest BCUT2D eigenvalue weighted by Gasteiger charge is 2.18. The number of carboxylic acids is 1. The van der Waals surface area contributed by atoms with E-state index in [9.17, 15) is 9.59 Å². The molecule has 0 saturated carbocycles. The van der Waals surface area contributed by atoms with Crippen LogP contribution in [-0.4, -0.2) is 45.4 Å². The largest absolute Gasteiger partial charge is 0.481 e. The van der Waals surface area contributed by atoms with E-state index < -0.39 is 11.9 Å². The maximum Gasteiger partial charge on any atom is 0.308 e. The smallest absolute Gasteiger partial charge is 0.308 e. The standard InChI is InChI=1S/C11H15N3O3/c1-7(11(16)17)6-14(3)10(15)9-4-12-8(2)13-5-9/h4-5,7H,6H2,1-3H3,(H,16,17). The average molecular weight is 237 g/mol. The van der Waals surface area contributed by atoms with E-state index in [-0.39, 0.29) is 12.5 Å². The van der Waals surface area contributed by atoms with Crippen molar-refractivity contribution in [3.63, 3.8) is 0 Å². The number of carboxylic acid groups (broad SMARTS) is 1. The van der Waals surface area contributed by atoms with Gasteiger partial charge in [0.1, 0.15) is 5.82 Å². The highest BCUT2D eigenvalue weighted by atomic mass is 16.4. The predicted molar refractivity (Wildman–Crippen MR) is 60.5 cm³/mol. The second-order valence-corrected chi connectivity index (χ2v) is 3.94. The van der Waals surface area contributed by atoms with Crippen LogP contribution in [0.25, 0.3) is 0 Å². The Balaban J connectivity index is 2.70. The number of hydrogen-bond acceptors (Lipinski definition) is 4. The normalized spacial score (nSPS) is 11.9. The van der Waals surface area contributed by atoms with E-state index in [0.717, 1.165) is 0 Å².